The first-order valence-corrected chi connectivity index (χ1v) is 6.50. The number of rotatable bonds is 4. The lowest BCUT2D eigenvalue weighted by atomic mass is 9.88. The van der Waals surface area contributed by atoms with Gasteiger partial charge < -0.3 is 5.11 Å². The van der Waals surface area contributed by atoms with Gasteiger partial charge in [-0.2, -0.15) is 5.10 Å². The SMILES string of the molecule is CCC(C)(C(O)c1ccn(C)n1)N1CCCC1. The minimum absolute atomic E-state index is 0.190. The molecular weight excluding hydrogens is 214 g/mol. The smallest absolute Gasteiger partial charge is 0.116 e. The van der Waals surface area contributed by atoms with E-state index < -0.39 is 6.10 Å². The first-order valence-electron chi connectivity index (χ1n) is 6.50. The zero-order chi connectivity index (χ0) is 12.5. The van der Waals surface area contributed by atoms with Crippen LogP contribution in [0.25, 0.3) is 0 Å². The Morgan fingerprint density at radius 1 is 1.47 bits per heavy atom. The fraction of sp³-hybridized carbons (Fsp3) is 0.769. The largest absolute Gasteiger partial charge is 0.385 e. The van der Waals surface area contributed by atoms with Crippen LogP contribution < -0.4 is 0 Å². The van der Waals surface area contributed by atoms with Gasteiger partial charge >= 0.3 is 0 Å². The van der Waals surface area contributed by atoms with Gasteiger partial charge in [-0.25, -0.2) is 0 Å². The van der Waals surface area contributed by atoms with Crippen molar-refractivity contribution in [2.45, 2.75) is 44.8 Å². The Labute approximate surface area is 103 Å². The fourth-order valence-corrected chi connectivity index (χ4v) is 2.72. The number of aryl methyl sites for hydroxylation is 1. The van der Waals surface area contributed by atoms with Crippen molar-refractivity contribution in [3.63, 3.8) is 0 Å². The summed E-state index contributed by atoms with van der Waals surface area (Å²) in [6, 6.07) is 1.91. The van der Waals surface area contributed by atoms with Crippen molar-refractivity contribution < 1.29 is 5.11 Å². The molecule has 2 atom stereocenters. The number of hydrogen-bond donors (Lipinski definition) is 1. The lowest BCUT2D eigenvalue weighted by molar-refractivity contribution is -0.0166. The van der Waals surface area contributed by atoms with Gasteiger partial charge in [0, 0.05) is 18.8 Å². The molecule has 0 spiro atoms. The van der Waals surface area contributed by atoms with E-state index in [-0.39, 0.29) is 5.54 Å². The predicted molar refractivity (Wildman–Crippen MR) is 67.7 cm³/mol. The molecule has 1 aromatic heterocycles. The Morgan fingerprint density at radius 2 is 2.12 bits per heavy atom. The molecule has 2 unspecified atom stereocenters. The molecule has 1 N–H and O–H groups in total. The van der Waals surface area contributed by atoms with E-state index in [0.29, 0.717) is 0 Å². The quantitative estimate of drug-likeness (QED) is 0.867. The maximum Gasteiger partial charge on any atom is 0.116 e. The normalized spacial score (nSPS) is 22.6. The third-order valence-corrected chi connectivity index (χ3v) is 4.15. The van der Waals surface area contributed by atoms with E-state index in [9.17, 15) is 5.11 Å². The number of aliphatic hydroxyl groups is 1. The second-order valence-corrected chi connectivity index (χ2v) is 5.22. The van der Waals surface area contributed by atoms with Crippen LogP contribution in [-0.4, -0.2) is 38.4 Å². The summed E-state index contributed by atoms with van der Waals surface area (Å²) < 4.78 is 1.75. The van der Waals surface area contributed by atoms with E-state index in [1.54, 1.807) is 4.68 Å². The van der Waals surface area contributed by atoms with Crippen LogP contribution in [0, 0.1) is 0 Å². The molecule has 0 aliphatic carbocycles. The van der Waals surface area contributed by atoms with Crippen LogP contribution in [0.1, 0.15) is 44.9 Å². The van der Waals surface area contributed by atoms with Gasteiger partial charge in [-0.15, -0.1) is 0 Å². The Bertz CT molecular complexity index is 370. The second kappa shape index (κ2) is 4.78. The average molecular weight is 237 g/mol. The third kappa shape index (κ3) is 2.24. The first-order chi connectivity index (χ1) is 8.08. The van der Waals surface area contributed by atoms with Crippen LogP contribution in [0.5, 0.6) is 0 Å². The van der Waals surface area contributed by atoms with Crippen molar-refractivity contribution in [3.05, 3.63) is 18.0 Å². The summed E-state index contributed by atoms with van der Waals surface area (Å²) in [6.45, 7) is 6.48. The van der Waals surface area contributed by atoms with E-state index in [4.69, 9.17) is 0 Å². The van der Waals surface area contributed by atoms with Crippen molar-refractivity contribution in [2.75, 3.05) is 13.1 Å². The molecule has 1 fully saturated rings. The molecule has 17 heavy (non-hydrogen) atoms. The zero-order valence-electron chi connectivity index (χ0n) is 11.1. The molecule has 1 aliphatic rings. The van der Waals surface area contributed by atoms with Gasteiger partial charge in [-0.05, 0) is 45.3 Å². The zero-order valence-corrected chi connectivity index (χ0v) is 11.1. The Kier molecular flexibility index (Phi) is 3.54. The average Bonchev–Trinajstić information content (AvgIpc) is 2.97. The number of likely N-dealkylation sites (tertiary alicyclic amines) is 1. The molecular formula is C13H23N3O. The topological polar surface area (TPSA) is 41.3 Å². The lowest BCUT2D eigenvalue weighted by Crippen LogP contribution is -2.49. The van der Waals surface area contributed by atoms with Crippen LogP contribution in [-0.2, 0) is 7.05 Å². The van der Waals surface area contributed by atoms with Gasteiger partial charge in [-0.3, -0.25) is 9.58 Å². The number of nitrogens with zero attached hydrogens (tertiary/aromatic N) is 3. The van der Waals surface area contributed by atoms with Crippen molar-refractivity contribution in [1.82, 2.24) is 14.7 Å². The molecule has 96 valence electrons. The maximum absolute atomic E-state index is 10.6. The van der Waals surface area contributed by atoms with Gasteiger partial charge in [0.15, 0.2) is 0 Å². The van der Waals surface area contributed by atoms with E-state index >= 15 is 0 Å². The molecule has 0 saturated carbocycles. The maximum atomic E-state index is 10.6. The molecule has 1 saturated heterocycles. The van der Waals surface area contributed by atoms with E-state index in [0.717, 1.165) is 25.2 Å². The highest BCUT2D eigenvalue weighted by Gasteiger charge is 2.40. The molecule has 4 nitrogen and oxygen atoms in total. The summed E-state index contributed by atoms with van der Waals surface area (Å²) >= 11 is 0. The van der Waals surface area contributed by atoms with Crippen LogP contribution >= 0.6 is 0 Å². The minimum Gasteiger partial charge on any atom is -0.385 e. The van der Waals surface area contributed by atoms with Crippen LogP contribution in [0.3, 0.4) is 0 Å². The molecule has 1 aromatic rings. The van der Waals surface area contributed by atoms with Crippen LogP contribution in [0.4, 0.5) is 0 Å². The molecule has 0 amide bonds. The number of aliphatic hydroxyl groups excluding tert-OH is 1. The highest BCUT2D eigenvalue weighted by molar-refractivity contribution is 5.10. The highest BCUT2D eigenvalue weighted by Crippen LogP contribution is 2.35. The fourth-order valence-electron chi connectivity index (χ4n) is 2.72. The standard InChI is InChI=1S/C13H23N3O/c1-4-13(2,16-8-5-6-9-16)12(17)11-7-10-15(3)14-11/h7,10,12,17H,4-6,8-9H2,1-3H3. The van der Waals surface area contributed by atoms with Gasteiger partial charge in [0.2, 0.25) is 0 Å². The van der Waals surface area contributed by atoms with E-state index in [1.165, 1.54) is 12.8 Å². The molecule has 0 radical (unpaired) electrons. The van der Waals surface area contributed by atoms with Crippen molar-refractivity contribution >= 4 is 0 Å². The summed E-state index contributed by atoms with van der Waals surface area (Å²) in [4.78, 5) is 2.41. The van der Waals surface area contributed by atoms with Gasteiger partial charge in [0.05, 0.1) is 5.69 Å². The first kappa shape index (κ1) is 12.6. The van der Waals surface area contributed by atoms with Crippen molar-refractivity contribution in [3.8, 4) is 0 Å². The van der Waals surface area contributed by atoms with E-state index in [1.807, 2.05) is 19.3 Å². The van der Waals surface area contributed by atoms with E-state index in [2.05, 4.69) is 23.8 Å². The van der Waals surface area contributed by atoms with Crippen molar-refractivity contribution in [1.29, 1.82) is 0 Å². The van der Waals surface area contributed by atoms with Crippen molar-refractivity contribution in [2.24, 2.45) is 7.05 Å². The summed E-state index contributed by atoms with van der Waals surface area (Å²) in [6.07, 6.45) is 4.80. The molecule has 0 bridgehead atoms. The molecule has 2 heterocycles. The second-order valence-electron chi connectivity index (χ2n) is 5.22. The van der Waals surface area contributed by atoms with Crippen LogP contribution in [0.2, 0.25) is 0 Å². The Balaban J connectivity index is 2.21. The minimum atomic E-state index is -0.508. The highest BCUT2D eigenvalue weighted by atomic mass is 16.3. The lowest BCUT2D eigenvalue weighted by Gasteiger charge is -2.41. The summed E-state index contributed by atoms with van der Waals surface area (Å²) in [5, 5.41) is 14.9. The molecule has 1 aliphatic heterocycles. The number of hydrogen-bond acceptors (Lipinski definition) is 3. The Morgan fingerprint density at radius 3 is 2.59 bits per heavy atom. The summed E-state index contributed by atoms with van der Waals surface area (Å²) in [5.74, 6) is 0. The molecule has 2 rings (SSSR count). The third-order valence-electron chi connectivity index (χ3n) is 4.15. The predicted octanol–water partition coefficient (Wildman–Crippen LogP) is 1.72. The molecule has 0 aromatic carbocycles. The molecule has 4 heteroatoms. The monoisotopic (exact) mass is 237 g/mol. The van der Waals surface area contributed by atoms with Crippen LogP contribution in [0.15, 0.2) is 12.3 Å². The van der Waals surface area contributed by atoms with Gasteiger partial charge in [0.25, 0.3) is 0 Å². The Hall–Kier alpha value is -0.870. The summed E-state index contributed by atoms with van der Waals surface area (Å²) in [7, 11) is 1.88. The van der Waals surface area contributed by atoms with Gasteiger partial charge in [-0.1, -0.05) is 6.92 Å². The van der Waals surface area contributed by atoms with Gasteiger partial charge in [0.1, 0.15) is 6.10 Å². The summed E-state index contributed by atoms with van der Waals surface area (Å²) in [5.41, 5.74) is 0.592. The number of aromatic nitrogens is 2.